The summed E-state index contributed by atoms with van der Waals surface area (Å²) in [6, 6.07) is 1.90. The molecule has 0 N–H and O–H groups in total. The first-order valence-corrected chi connectivity index (χ1v) is 7.56. The van der Waals surface area contributed by atoms with Gasteiger partial charge in [-0.05, 0) is 23.8 Å². The molecule has 0 aliphatic carbocycles. The van der Waals surface area contributed by atoms with Crippen LogP contribution in [0.15, 0.2) is 22.6 Å². The molecule has 0 amide bonds. The number of rotatable bonds is 6. The number of fused-ring (bicyclic) bond motifs is 1. The van der Waals surface area contributed by atoms with E-state index in [-0.39, 0.29) is 5.56 Å². The lowest BCUT2D eigenvalue weighted by molar-refractivity contribution is 0.384. The van der Waals surface area contributed by atoms with E-state index < -0.39 is 0 Å². The van der Waals surface area contributed by atoms with Gasteiger partial charge in [-0.3, -0.25) is 9.36 Å². The molecule has 0 radical (unpaired) electrons. The van der Waals surface area contributed by atoms with Crippen LogP contribution in [0.4, 0.5) is 0 Å². The van der Waals surface area contributed by atoms with E-state index in [4.69, 9.17) is 0 Å². The molecule has 2 heterocycles. The van der Waals surface area contributed by atoms with Crippen molar-refractivity contribution in [1.82, 2.24) is 9.55 Å². The summed E-state index contributed by atoms with van der Waals surface area (Å²) in [4.78, 5) is 16.6. The summed E-state index contributed by atoms with van der Waals surface area (Å²) in [6.07, 6.45) is 6.47. The number of hydrogen-bond acceptors (Lipinski definition) is 3. The van der Waals surface area contributed by atoms with Crippen LogP contribution in [0.3, 0.4) is 0 Å². The molecule has 98 valence electrons. The Morgan fingerprint density at radius 3 is 3.00 bits per heavy atom. The van der Waals surface area contributed by atoms with E-state index in [1.807, 2.05) is 11.4 Å². The quantitative estimate of drug-likeness (QED) is 0.798. The second kappa shape index (κ2) is 6.14. The molecule has 1 atom stereocenters. The highest BCUT2D eigenvalue weighted by Gasteiger charge is 2.10. The Balaban J connectivity index is 2.20. The number of hydrogen-bond donors (Lipinski definition) is 0. The monoisotopic (exact) mass is 264 g/mol. The van der Waals surface area contributed by atoms with Crippen LogP contribution in [-0.4, -0.2) is 9.55 Å². The van der Waals surface area contributed by atoms with Gasteiger partial charge >= 0.3 is 0 Å². The van der Waals surface area contributed by atoms with Gasteiger partial charge in [0.05, 0.1) is 11.8 Å². The molecule has 0 spiro atoms. The molecule has 4 heteroatoms. The number of aromatic nitrogens is 2. The number of unbranched alkanes of at least 4 members (excludes halogenated alkanes) is 1. The predicted molar refractivity (Wildman–Crippen MR) is 77.2 cm³/mol. The Labute approximate surface area is 111 Å². The van der Waals surface area contributed by atoms with E-state index in [2.05, 4.69) is 18.8 Å². The van der Waals surface area contributed by atoms with Crippen LogP contribution in [0.5, 0.6) is 0 Å². The van der Waals surface area contributed by atoms with Crippen molar-refractivity contribution in [2.24, 2.45) is 5.92 Å². The lowest BCUT2D eigenvalue weighted by Crippen LogP contribution is -2.23. The average molecular weight is 264 g/mol. The first-order chi connectivity index (χ1) is 8.76. The second-order valence-electron chi connectivity index (χ2n) is 4.75. The topological polar surface area (TPSA) is 34.9 Å². The van der Waals surface area contributed by atoms with Crippen molar-refractivity contribution in [3.05, 3.63) is 28.1 Å². The maximum absolute atomic E-state index is 12.2. The molecule has 0 saturated heterocycles. The van der Waals surface area contributed by atoms with Gasteiger partial charge in [0.15, 0.2) is 0 Å². The molecule has 2 aromatic rings. The highest BCUT2D eigenvalue weighted by Crippen LogP contribution is 2.16. The summed E-state index contributed by atoms with van der Waals surface area (Å²) in [7, 11) is 0. The predicted octanol–water partition coefficient (Wildman–Crippen LogP) is 3.67. The molecule has 2 aromatic heterocycles. The first-order valence-electron chi connectivity index (χ1n) is 6.68. The number of thiophene rings is 1. The molecule has 0 fully saturated rings. The highest BCUT2D eigenvalue weighted by molar-refractivity contribution is 7.17. The maximum Gasteiger partial charge on any atom is 0.271 e. The van der Waals surface area contributed by atoms with Crippen LogP contribution in [0, 0.1) is 5.92 Å². The van der Waals surface area contributed by atoms with Gasteiger partial charge in [-0.25, -0.2) is 4.98 Å². The van der Waals surface area contributed by atoms with Crippen LogP contribution < -0.4 is 5.56 Å². The van der Waals surface area contributed by atoms with Crippen LogP contribution in [0.1, 0.15) is 39.5 Å². The van der Waals surface area contributed by atoms with Crippen molar-refractivity contribution in [1.29, 1.82) is 0 Å². The molecule has 0 aliphatic rings. The van der Waals surface area contributed by atoms with Crippen LogP contribution in [0.2, 0.25) is 0 Å². The van der Waals surface area contributed by atoms with E-state index in [1.54, 1.807) is 10.9 Å². The Morgan fingerprint density at radius 1 is 1.44 bits per heavy atom. The minimum absolute atomic E-state index is 0.116. The lowest BCUT2D eigenvalue weighted by Gasteiger charge is -2.15. The normalized spacial score (nSPS) is 13.0. The summed E-state index contributed by atoms with van der Waals surface area (Å²) >= 11 is 1.48. The summed E-state index contributed by atoms with van der Waals surface area (Å²) in [5.41, 5.74) is 0.938. The van der Waals surface area contributed by atoms with Gasteiger partial charge in [0.25, 0.3) is 5.56 Å². The van der Waals surface area contributed by atoms with Gasteiger partial charge in [0.1, 0.15) is 4.70 Å². The molecule has 0 saturated carbocycles. The molecule has 0 aliphatic heterocycles. The molecule has 3 nitrogen and oxygen atoms in total. The van der Waals surface area contributed by atoms with Crippen LogP contribution in [-0.2, 0) is 6.54 Å². The molecule has 1 unspecified atom stereocenters. The van der Waals surface area contributed by atoms with Crippen LogP contribution in [0.25, 0.3) is 10.2 Å². The highest BCUT2D eigenvalue weighted by atomic mass is 32.1. The Hall–Kier alpha value is -1.16. The summed E-state index contributed by atoms with van der Waals surface area (Å²) in [5.74, 6) is 0.585. The maximum atomic E-state index is 12.2. The standard InChI is InChI=1S/C14H20N2OS/c1-3-5-6-11(4-2)9-16-10-15-12-7-8-18-13(12)14(16)17/h7-8,10-11H,3-6,9H2,1-2H3. The van der Waals surface area contributed by atoms with Gasteiger partial charge in [0, 0.05) is 6.54 Å². The first kappa shape index (κ1) is 13.3. The number of nitrogens with zero attached hydrogens (tertiary/aromatic N) is 2. The largest absolute Gasteiger partial charge is 0.298 e. The van der Waals surface area contributed by atoms with Crippen molar-refractivity contribution < 1.29 is 0 Å². The second-order valence-corrected chi connectivity index (χ2v) is 5.67. The Kier molecular flexibility index (Phi) is 4.53. The zero-order valence-corrected chi connectivity index (χ0v) is 11.9. The third kappa shape index (κ3) is 2.80. The molecule has 18 heavy (non-hydrogen) atoms. The third-order valence-corrected chi connectivity index (χ3v) is 4.33. The van der Waals surface area contributed by atoms with Crippen molar-refractivity contribution in [3.8, 4) is 0 Å². The Bertz CT molecular complexity index is 558. The minimum Gasteiger partial charge on any atom is -0.298 e. The van der Waals surface area contributed by atoms with Crippen molar-refractivity contribution in [3.63, 3.8) is 0 Å². The average Bonchev–Trinajstić information content (AvgIpc) is 2.86. The van der Waals surface area contributed by atoms with Crippen molar-refractivity contribution in [2.75, 3.05) is 0 Å². The van der Waals surface area contributed by atoms with E-state index >= 15 is 0 Å². The van der Waals surface area contributed by atoms with Crippen LogP contribution >= 0.6 is 11.3 Å². The molecular formula is C14H20N2OS. The minimum atomic E-state index is 0.116. The molecule has 0 aromatic carbocycles. The SMILES string of the molecule is CCCCC(CC)Cn1cnc2ccsc2c1=O. The zero-order valence-electron chi connectivity index (χ0n) is 11.1. The van der Waals surface area contributed by atoms with Crippen molar-refractivity contribution >= 4 is 21.6 Å². The summed E-state index contributed by atoms with van der Waals surface area (Å²) in [5, 5.41) is 1.93. The zero-order chi connectivity index (χ0) is 13.0. The van der Waals surface area contributed by atoms with Gasteiger partial charge in [-0.15, -0.1) is 11.3 Å². The molecule has 0 bridgehead atoms. The third-order valence-electron chi connectivity index (χ3n) is 3.43. The smallest absolute Gasteiger partial charge is 0.271 e. The fourth-order valence-electron chi connectivity index (χ4n) is 2.20. The van der Waals surface area contributed by atoms with Gasteiger partial charge < -0.3 is 0 Å². The fourth-order valence-corrected chi connectivity index (χ4v) is 3.00. The summed E-state index contributed by atoms with van der Waals surface area (Å²) in [6.45, 7) is 5.21. The van der Waals surface area contributed by atoms with Gasteiger partial charge in [0.2, 0.25) is 0 Å². The van der Waals surface area contributed by atoms with Gasteiger partial charge in [-0.2, -0.15) is 0 Å². The lowest BCUT2D eigenvalue weighted by atomic mass is 9.99. The van der Waals surface area contributed by atoms with E-state index in [0.717, 1.165) is 23.2 Å². The summed E-state index contributed by atoms with van der Waals surface area (Å²) < 4.78 is 2.56. The van der Waals surface area contributed by atoms with E-state index in [9.17, 15) is 4.79 Å². The Morgan fingerprint density at radius 2 is 2.28 bits per heavy atom. The van der Waals surface area contributed by atoms with Gasteiger partial charge in [-0.1, -0.05) is 33.1 Å². The van der Waals surface area contributed by atoms with E-state index in [1.165, 1.54) is 30.6 Å². The fraction of sp³-hybridized carbons (Fsp3) is 0.571. The van der Waals surface area contributed by atoms with Crippen molar-refractivity contribution in [2.45, 2.75) is 46.1 Å². The molecule has 2 rings (SSSR count). The molecular weight excluding hydrogens is 244 g/mol. The van der Waals surface area contributed by atoms with E-state index in [0.29, 0.717) is 5.92 Å².